The topological polar surface area (TPSA) is 517 Å². The number of phenols is 1. The lowest BCUT2D eigenvalue weighted by atomic mass is 9.97. The summed E-state index contributed by atoms with van der Waals surface area (Å²) in [5.41, 5.74) is 17.9. The number of nitrogens with one attached hydrogen (secondary N) is 13. The van der Waals surface area contributed by atoms with Gasteiger partial charge in [0.1, 0.15) is 84.0 Å². The Morgan fingerprint density at radius 3 is 1.05 bits per heavy atom. The maximum absolute atomic E-state index is 14.7. The van der Waals surface area contributed by atoms with Crippen molar-refractivity contribution in [2.75, 3.05) is 26.2 Å². The number of unbranched alkanes of at least 4 members (excludes halogenated alkanes) is 2. The molecule has 0 bridgehead atoms. The Balaban J connectivity index is 3.60. The van der Waals surface area contributed by atoms with Crippen molar-refractivity contribution in [3.05, 3.63) is 41.6 Å². The van der Waals surface area contributed by atoms with Crippen molar-refractivity contribution in [3.63, 3.8) is 0 Å². The van der Waals surface area contributed by atoms with Crippen LogP contribution in [0, 0.1) is 53.3 Å². The fraction of sp³-hybridized carbons (Fsp3) is 0.731. The number of aliphatic hydroxyl groups excluding tert-OH is 2. The second kappa shape index (κ2) is 51.3. The van der Waals surface area contributed by atoms with E-state index in [-0.39, 0.29) is 100 Å². The predicted molar refractivity (Wildman–Crippen MR) is 421 cm³/mol. The summed E-state index contributed by atoms with van der Waals surface area (Å²) < 4.78 is 0. The molecule has 0 fully saturated rings. The Hall–Kier alpha value is -8.33. The smallest absolute Gasteiger partial charge is 0.268 e. The molecular weight excluding hydrogens is 1420 g/mol. The summed E-state index contributed by atoms with van der Waals surface area (Å²) in [6.45, 7) is 32.8. The number of aromatic hydroxyl groups is 1. The summed E-state index contributed by atoms with van der Waals surface area (Å²) in [6.07, 6.45) is 2.48. The average Bonchev–Trinajstić information content (AvgIpc) is 0.842. The minimum atomic E-state index is -1.40. The molecule has 0 spiro atoms. The van der Waals surface area contributed by atoms with Crippen molar-refractivity contribution >= 4 is 76.8 Å². The van der Waals surface area contributed by atoms with Gasteiger partial charge >= 0.3 is 0 Å². The molecular formula is C78H138N16O16. The van der Waals surface area contributed by atoms with Gasteiger partial charge in [-0.15, -0.1) is 0 Å². The molecule has 0 aliphatic heterocycles. The maximum atomic E-state index is 14.7. The van der Waals surface area contributed by atoms with E-state index in [1.165, 1.54) is 25.1 Å². The SMILES string of the molecule is CC=C(NC(=O)[C@@H](O)[C@@H](C)CC)C(=O)N[C@H](C(=O)N[C@H](CCCN)C(=O)N[C@H](C(=O)N[C@H](C(=O)N[C@H](C(=O)N[C@H](CCCCN)C(=O)N[C@H](C(=O)N[C@H](CC(C)C)C(=O)N[C@@H](CCCCN)C(=O)N[C@H](Cc1ccc(O)cc1)C(=O)N[C@@H](CC(C)C)C(=O)N[C@H](CO)C(C)C)C(C)C)C(C)C)C(C)C)C(C)C)C(C)C. The van der Waals surface area contributed by atoms with Gasteiger partial charge in [-0.05, 0) is 162 Å². The summed E-state index contributed by atoms with van der Waals surface area (Å²) in [4.78, 5) is 185. The van der Waals surface area contributed by atoms with E-state index in [1.54, 1.807) is 95.2 Å². The summed E-state index contributed by atoms with van der Waals surface area (Å²) in [6, 6.07) is -8.69. The maximum Gasteiger partial charge on any atom is 0.268 e. The Morgan fingerprint density at radius 1 is 0.382 bits per heavy atom. The van der Waals surface area contributed by atoms with E-state index in [1.807, 2.05) is 41.5 Å². The van der Waals surface area contributed by atoms with E-state index in [0.29, 0.717) is 37.7 Å². The zero-order valence-corrected chi connectivity index (χ0v) is 68.8. The summed E-state index contributed by atoms with van der Waals surface area (Å²) >= 11 is 0. The molecule has 32 nitrogen and oxygen atoms in total. The minimum Gasteiger partial charge on any atom is -0.508 e. The molecule has 1 aromatic rings. The number of benzene rings is 1. The molecule has 0 aliphatic carbocycles. The second-order valence-electron chi connectivity index (χ2n) is 31.7. The van der Waals surface area contributed by atoms with Crippen molar-refractivity contribution < 1.29 is 77.6 Å². The lowest BCUT2D eigenvalue weighted by Crippen LogP contribution is -2.62. The Labute approximate surface area is 652 Å². The first-order valence-corrected chi connectivity index (χ1v) is 39.3. The zero-order valence-electron chi connectivity index (χ0n) is 68.8. The third-order valence-electron chi connectivity index (χ3n) is 19.0. The molecule has 0 saturated carbocycles. The van der Waals surface area contributed by atoms with Gasteiger partial charge in [-0.1, -0.05) is 149 Å². The van der Waals surface area contributed by atoms with Crippen LogP contribution < -0.4 is 86.3 Å². The van der Waals surface area contributed by atoms with Gasteiger partial charge in [-0.25, -0.2) is 0 Å². The molecule has 13 amide bonds. The first kappa shape index (κ1) is 99.7. The molecule has 0 saturated heterocycles. The number of hydrogen-bond acceptors (Lipinski definition) is 19. The quantitative estimate of drug-likeness (QED) is 0.0322. The summed E-state index contributed by atoms with van der Waals surface area (Å²) in [5.74, 6) is -13.8. The van der Waals surface area contributed by atoms with E-state index in [2.05, 4.69) is 69.1 Å². The van der Waals surface area contributed by atoms with Gasteiger partial charge in [0.25, 0.3) is 11.8 Å². The third-order valence-corrected chi connectivity index (χ3v) is 19.0. The van der Waals surface area contributed by atoms with Crippen LogP contribution in [0.2, 0.25) is 0 Å². The lowest BCUT2D eigenvalue weighted by Gasteiger charge is -2.31. The average molecular weight is 1560 g/mol. The van der Waals surface area contributed by atoms with Crippen LogP contribution in [0.4, 0.5) is 0 Å². The zero-order chi connectivity index (χ0) is 84.0. The van der Waals surface area contributed by atoms with Crippen molar-refractivity contribution in [1.82, 2.24) is 69.1 Å². The Kier molecular flexibility index (Phi) is 46.5. The van der Waals surface area contributed by atoms with Crippen LogP contribution in [-0.2, 0) is 68.7 Å². The van der Waals surface area contributed by atoms with Crippen LogP contribution in [0.25, 0.3) is 0 Å². The van der Waals surface area contributed by atoms with Gasteiger partial charge < -0.3 is 102 Å². The molecule has 0 radical (unpaired) electrons. The fourth-order valence-corrected chi connectivity index (χ4v) is 11.7. The Bertz CT molecular complexity index is 3130. The lowest BCUT2D eigenvalue weighted by molar-refractivity contribution is -0.137. The monoisotopic (exact) mass is 1560 g/mol. The number of hydrogen-bond donors (Lipinski definition) is 19. The van der Waals surface area contributed by atoms with Crippen molar-refractivity contribution in [2.24, 2.45) is 70.5 Å². The van der Waals surface area contributed by atoms with Gasteiger partial charge in [0, 0.05) is 6.42 Å². The molecule has 0 unspecified atom stereocenters. The highest BCUT2D eigenvalue weighted by molar-refractivity contribution is 6.02. The van der Waals surface area contributed by atoms with Crippen LogP contribution >= 0.6 is 0 Å². The molecule has 0 aliphatic rings. The number of carbonyl (C=O) groups excluding carboxylic acids is 13. The van der Waals surface area contributed by atoms with Gasteiger partial charge in [0.15, 0.2) is 0 Å². The number of aliphatic hydroxyl groups is 2. The standard InChI is InChI=1S/C78H138N16O16/c1-20-49(19)65(97)78(110)82-52(21-2)66(98)90-60(44(9)10)73(105)85-55(29-26-36-81)69(101)92-63(47(15)16)76(108)94-64(48(17)18)77(109)93-62(46(13)14)74(106)84-54(28-23-25-35-80)68(100)91-61(45(11)12)75(107)88-57(38-42(5)6)70(102)83-53(27-22-24-34-79)67(99)87-58(39-50-30-32-51(96)33-31-50)72(104)86-56(37-41(3)4)71(103)89-59(40-95)43(7)8/h21,30-33,41-49,53-65,95-97H,20,22-29,34-40,79-81H2,1-19H3,(H,82,110)(H,83,102)(H,84,106)(H,85,105)(H,86,104)(H,87,99)(H,88,107)(H,89,103)(H,90,98)(H,91,100)(H,92,101)(H,93,109)(H,94,108)/t49-,53-,54+,55+,56-,57+,58+,59+,60-,61-,62-,63-,64-,65-/m0/s1. The number of rotatable bonds is 52. The molecule has 110 heavy (non-hydrogen) atoms. The van der Waals surface area contributed by atoms with E-state index in [0.717, 1.165) is 0 Å². The second-order valence-corrected chi connectivity index (χ2v) is 31.7. The third kappa shape index (κ3) is 35.4. The Morgan fingerprint density at radius 2 is 0.691 bits per heavy atom. The number of amides is 13. The van der Waals surface area contributed by atoms with Crippen LogP contribution in [0.5, 0.6) is 5.75 Å². The summed E-state index contributed by atoms with van der Waals surface area (Å²) in [5, 5.41) is 66.0. The van der Waals surface area contributed by atoms with Gasteiger partial charge in [-0.2, -0.15) is 0 Å². The van der Waals surface area contributed by atoms with Crippen molar-refractivity contribution in [1.29, 1.82) is 0 Å². The van der Waals surface area contributed by atoms with E-state index >= 15 is 0 Å². The van der Waals surface area contributed by atoms with Crippen molar-refractivity contribution in [2.45, 2.75) is 287 Å². The van der Waals surface area contributed by atoms with Gasteiger partial charge in [-0.3, -0.25) is 62.3 Å². The molecule has 32 heteroatoms. The fourth-order valence-electron chi connectivity index (χ4n) is 11.7. The highest BCUT2D eigenvalue weighted by Gasteiger charge is 2.40. The molecule has 0 aromatic heterocycles. The summed E-state index contributed by atoms with van der Waals surface area (Å²) in [7, 11) is 0. The number of carbonyl (C=O) groups is 13. The molecule has 14 atom stereocenters. The molecule has 626 valence electrons. The number of phenolic OH excluding ortho intramolecular Hbond substituents is 1. The van der Waals surface area contributed by atoms with E-state index < -0.39 is 191 Å². The first-order chi connectivity index (χ1) is 51.5. The molecule has 1 aromatic carbocycles. The number of allylic oxidation sites excluding steroid dienone is 1. The highest BCUT2D eigenvalue weighted by Crippen LogP contribution is 2.19. The molecule has 1 rings (SSSR count). The van der Waals surface area contributed by atoms with Gasteiger partial charge in [0.05, 0.1) is 12.6 Å². The van der Waals surface area contributed by atoms with Crippen LogP contribution in [0.3, 0.4) is 0 Å². The van der Waals surface area contributed by atoms with Crippen LogP contribution in [0.1, 0.15) is 208 Å². The first-order valence-electron chi connectivity index (χ1n) is 39.3. The van der Waals surface area contributed by atoms with Crippen LogP contribution in [0.15, 0.2) is 36.0 Å². The largest absolute Gasteiger partial charge is 0.508 e. The molecule has 22 N–H and O–H groups in total. The van der Waals surface area contributed by atoms with E-state index in [9.17, 15) is 77.6 Å². The van der Waals surface area contributed by atoms with Crippen LogP contribution in [-0.4, -0.2) is 197 Å². The predicted octanol–water partition coefficient (Wildman–Crippen LogP) is 1.20. The minimum absolute atomic E-state index is 0.0154. The molecule has 0 heterocycles. The normalized spacial score (nSPS) is 15.7. The van der Waals surface area contributed by atoms with Crippen molar-refractivity contribution in [3.8, 4) is 5.75 Å². The number of nitrogens with two attached hydrogens (primary N) is 3. The van der Waals surface area contributed by atoms with Gasteiger partial charge in [0.2, 0.25) is 65.0 Å². The highest BCUT2D eigenvalue weighted by atomic mass is 16.3. The van der Waals surface area contributed by atoms with E-state index in [4.69, 9.17) is 17.2 Å².